The Morgan fingerprint density at radius 1 is 1.44 bits per heavy atom. The summed E-state index contributed by atoms with van der Waals surface area (Å²) >= 11 is 6.93. The van der Waals surface area contributed by atoms with Gasteiger partial charge in [0.1, 0.15) is 0 Å². The lowest BCUT2D eigenvalue weighted by atomic mass is 10.1. The van der Waals surface area contributed by atoms with Gasteiger partial charge in [-0.2, -0.15) is 0 Å². The molecule has 2 aromatic rings. The van der Waals surface area contributed by atoms with Crippen molar-refractivity contribution in [2.75, 3.05) is 23.4 Å². The number of nitrogens with one attached hydrogen (secondary N) is 1. The van der Waals surface area contributed by atoms with Gasteiger partial charge in [-0.05, 0) is 49.2 Å². The maximum absolute atomic E-state index is 11.9. The minimum Gasteiger partial charge on any atom is -0.330 e. The van der Waals surface area contributed by atoms with Crippen LogP contribution in [0.3, 0.4) is 0 Å². The van der Waals surface area contributed by atoms with Gasteiger partial charge in [0.05, 0.1) is 18.2 Å². The predicted octanol–water partition coefficient (Wildman–Crippen LogP) is 3.83. The van der Waals surface area contributed by atoms with Gasteiger partial charge in [-0.15, -0.1) is 5.10 Å². The smallest absolute Gasteiger partial charge is 0.209 e. The molecule has 1 atom stereocenters. The summed E-state index contributed by atoms with van der Waals surface area (Å²) in [6, 6.07) is 8.14. The molecule has 2 heterocycles. The molecule has 1 aliphatic rings. The van der Waals surface area contributed by atoms with E-state index >= 15 is 0 Å². The predicted molar refractivity (Wildman–Crippen MR) is 114 cm³/mol. The van der Waals surface area contributed by atoms with Gasteiger partial charge in [-0.25, -0.2) is 13.1 Å². The quantitative estimate of drug-likeness (QED) is 0.679. The second-order valence-corrected chi connectivity index (χ2v) is 11.4. The van der Waals surface area contributed by atoms with Crippen LogP contribution in [-0.2, 0) is 16.5 Å². The third-order valence-electron chi connectivity index (χ3n) is 4.52. The van der Waals surface area contributed by atoms with Crippen molar-refractivity contribution in [1.29, 1.82) is 0 Å². The third-order valence-corrected chi connectivity index (χ3v) is 7.49. The minimum atomic E-state index is -2.93. The molecule has 9 heteroatoms. The fourth-order valence-electron chi connectivity index (χ4n) is 3.32. The van der Waals surface area contributed by atoms with Crippen molar-refractivity contribution >= 4 is 44.2 Å². The number of hydrogen-bond donors (Lipinski definition) is 1. The summed E-state index contributed by atoms with van der Waals surface area (Å²) in [5, 5.41) is 8.67. The highest BCUT2D eigenvalue weighted by Gasteiger charge is 2.32. The molecular weight excluding hydrogens is 400 g/mol. The summed E-state index contributed by atoms with van der Waals surface area (Å²) < 4.78 is 26.3. The Labute approximate surface area is 170 Å². The van der Waals surface area contributed by atoms with Gasteiger partial charge in [-0.3, -0.25) is 4.90 Å². The molecule has 6 nitrogen and oxygen atoms in total. The maximum atomic E-state index is 11.9. The van der Waals surface area contributed by atoms with Crippen LogP contribution in [0.5, 0.6) is 0 Å². The van der Waals surface area contributed by atoms with Gasteiger partial charge in [0.2, 0.25) is 5.13 Å². The fourth-order valence-corrected chi connectivity index (χ4v) is 6.09. The Morgan fingerprint density at radius 2 is 2.22 bits per heavy atom. The lowest BCUT2D eigenvalue weighted by Crippen LogP contribution is -2.40. The summed E-state index contributed by atoms with van der Waals surface area (Å²) in [4.78, 5) is 2.21. The zero-order valence-corrected chi connectivity index (χ0v) is 18.3. The van der Waals surface area contributed by atoms with Crippen molar-refractivity contribution in [3.8, 4) is 0 Å². The molecule has 0 radical (unpaired) electrons. The number of nitrogens with zero attached hydrogens (tertiary/aromatic N) is 3. The summed E-state index contributed by atoms with van der Waals surface area (Å²) in [5.41, 5.74) is 2.15. The van der Waals surface area contributed by atoms with E-state index < -0.39 is 9.84 Å². The summed E-state index contributed by atoms with van der Waals surface area (Å²) in [7, 11) is -2.93. The second-order valence-electron chi connectivity index (χ2n) is 7.53. The van der Waals surface area contributed by atoms with E-state index in [9.17, 15) is 8.42 Å². The number of anilines is 2. The van der Waals surface area contributed by atoms with Crippen LogP contribution in [0.2, 0.25) is 0 Å². The molecule has 1 saturated heterocycles. The van der Waals surface area contributed by atoms with Crippen LogP contribution in [0.15, 0.2) is 24.3 Å². The van der Waals surface area contributed by atoms with E-state index in [1.54, 1.807) is 4.68 Å². The van der Waals surface area contributed by atoms with Gasteiger partial charge in [-0.1, -0.05) is 37.3 Å². The Hall–Kier alpha value is -1.29. The Bertz CT molecular complexity index is 950. The first-order valence-electron chi connectivity index (χ1n) is 9.08. The van der Waals surface area contributed by atoms with Crippen LogP contribution < -0.4 is 5.32 Å². The summed E-state index contributed by atoms with van der Waals surface area (Å²) in [6.07, 6.45) is 0.681. The van der Waals surface area contributed by atoms with E-state index in [-0.39, 0.29) is 17.5 Å². The molecule has 1 N–H and O–H groups in total. The van der Waals surface area contributed by atoms with E-state index in [0.29, 0.717) is 23.0 Å². The minimum absolute atomic E-state index is 0.0363. The Morgan fingerprint density at radius 3 is 2.85 bits per heavy atom. The molecule has 1 aliphatic heterocycles. The number of rotatable bonds is 7. The maximum Gasteiger partial charge on any atom is 0.209 e. The van der Waals surface area contributed by atoms with E-state index in [4.69, 9.17) is 12.2 Å². The topological polar surface area (TPSA) is 67.2 Å². The molecule has 148 valence electrons. The molecule has 1 aromatic heterocycles. The average Bonchev–Trinajstić information content (AvgIpc) is 3.08. The molecule has 3 rings (SSSR count). The first-order valence-corrected chi connectivity index (χ1v) is 12.1. The highest BCUT2D eigenvalue weighted by molar-refractivity contribution is 7.91. The number of hydrogen-bond acceptors (Lipinski definition) is 7. The molecule has 27 heavy (non-hydrogen) atoms. The number of aryl methyl sites for hydroxylation is 1. The molecule has 0 amide bonds. The molecule has 0 saturated carbocycles. The zero-order valence-electron chi connectivity index (χ0n) is 15.9. The van der Waals surface area contributed by atoms with Gasteiger partial charge in [0.15, 0.2) is 13.8 Å². The van der Waals surface area contributed by atoms with Gasteiger partial charge < -0.3 is 5.32 Å². The van der Waals surface area contributed by atoms with Gasteiger partial charge in [0, 0.05) is 18.3 Å². The van der Waals surface area contributed by atoms with E-state index in [2.05, 4.69) is 35.2 Å². The SMILES string of the molecule is Cc1cccc(Nc2nn(CN(CC(C)C)C3CCS(=O)(=O)C3)c(=S)s2)c1. The lowest BCUT2D eigenvalue weighted by Gasteiger charge is -2.29. The van der Waals surface area contributed by atoms with Crippen molar-refractivity contribution in [2.45, 2.75) is 39.9 Å². The van der Waals surface area contributed by atoms with Crippen molar-refractivity contribution < 1.29 is 8.42 Å². The second kappa shape index (κ2) is 8.38. The van der Waals surface area contributed by atoms with Crippen molar-refractivity contribution in [2.24, 2.45) is 5.92 Å². The number of benzene rings is 1. The Kier molecular flexibility index (Phi) is 6.35. The molecule has 0 aliphatic carbocycles. The molecule has 0 bridgehead atoms. The highest BCUT2D eigenvalue weighted by Crippen LogP contribution is 2.23. The zero-order chi connectivity index (χ0) is 19.6. The first kappa shape index (κ1) is 20.4. The van der Waals surface area contributed by atoms with Crippen LogP contribution in [0.25, 0.3) is 0 Å². The van der Waals surface area contributed by atoms with Crippen LogP contribution >= 0.6 is 23.6 Å². The number of sulfone groups is 1. The standard InChI is InChI=1S/C18H26N4O2S3/c1-13(2)10-21(16-7-8-27(23,24)11-16)12-22-18(25)26-17(20-22)19-15-6-4-5-14(3)9-15/h4-6,9,13,16H,7-8,10-12H2,1-3H3,(H,19,20). The van der Waals surface area contributed by atoms with Crippen molar-refractivity contribution in [3.63, 3.8) is 0 Å². The van der Waals surface area contributed by atoms with E-state index in [0.717, 1.165) is 17.4 Å². The molecule has 1 unspecified atom stereocenters. The first-order chi connectivity index (χ1) is 12.7. The number of aromatic nitrogens is 2. The summed E-state index contributed by atoms with van der Waals surface area (Å²) in [5.74, 6) is 0.937. The van der Waals surface area contributed by atoms with E-state index in [1.165, 1.54) is 16.9 Å². The summed E-state index contributed by atoms with van der Waals surface area (Å²) in [6.45, 7) is 7.66. The van der Waals surface area contributed by atoms with Gasteiger partial charge >= 0.3 is 0 Å². The van der Waals surface area contributed by atoms with Crippen molar-refractivity contribution in [1.82, 2.24) is 14.7 Å². The monoisotopic (exact) mass is 426 g/mol. The molecule has 1 aromatic carbocycles. The van der Waals surface area contributed by atoms with Crippen LogP contribution in [-0.4, -0.2) is 47.2 Å². The normalized spacial score (nSPS) is 19.1. The van der Waals surface area contributed by atoms with E-state index in [1.807, 2.05) is 25.1 Å². The molecule has 1 fully saturated rings. The molecular formula is C18H26N4O2S3. The van der Waals surface area contributed by atoms with Crippen molar-refractivity contribution in [3.05, 3.63) is 33.8 Å². The largest absolute Gasteiger partial charge is 0.330 e. The van der Waals surface area contributed by atoms with Crippen LogP contribution in [0, 0.1) is 16.8 Å². The lowest BCUT2D eigenvalue weighted by molar-refractivity contribution is 0.138. The van der Waals surface area contributed by atoms with Crippen LogP contribution in [0.4, 0.5) is 10.8 Å². The van der Waals surface area contributed by atoms with Gasteiger partial charge in [0.25, 0.3) is 0 Å². The van der Waals surface area contributed by atoms with Crippen LogP contribution in [0.1, 0.15) is 25.8 Å². The third kappa shape index (κ3) is 5.60. The molecule has 0 spiro atoms. The fraction of sp³-hybridized carbons (Fsp3) is 0.556. The highest BCUT2D eigenvalue weighted by atomic mass is 32.2. The Balaban J connectivity index is 1.76. The average molecular weight is 427 g/mol.